The summed E-state index contributed by atoms with van der Waals surface area (Å²) in [5.41, 5.74) is 2.64. The number of nitrogens with zero attached hydrogens (tertiary/aromatic N) is 3. The van der Waals surface area contributed by atoms with Gasteiger partial charge in [-0.15, -0.1) is 0 Å². The van der Waals surface area contributed by atoms with Crippen LogP contribution in [0.25, 0.3) is 0 Å². The van der Waals surface area contributed by atoms with Gasteiger partial charge in [0.15, 0.2) is 5.82 Å². The molecule has 0 bridgehead atoms. The Morgan fingerprint density at radius 2 is 2.14 bits per heavy atom. The van der Waals surface area contributed by atoms with E-state index in [0.717, 1.165) is 48.5 Å². The number of nitrogens with one attached hydrogen (secondary N) is 1. The minimum absolute atomic E-state index is 0.866. The van der Waals surface area contributed by atoms with Crippen LogP contribution in [-0.4, -0.2) is 23.1 Å². The van der Waals surface area contributed by atoms with Gasteiger partial charge in [-0.25, -0.2) is 9.97 Å². The zero-order chi connectivity index (χ0) is 14.7. The highest BCUT2D eigenvalue weighted by atomic mass is 79.9. The molecular weight excluding hydrogens is 328 g/mol. The lowest BCUT2D eigenvalue weighted by atomic mass is 10.0. The topological polar surface area (TPSA) is 41.1 Å². The molecule has 21 heavy (non-hydrogen) atoms. The molecule has 1 aromatic carbocycles. The van der Waals surface area contributed by atoms with Crippen molar-refractivity contribution in [3.8, 4) is 0 Å². The van der Waals surface area contributed by atoms with Crippen molar-refractivity contribution in [3.63, 3.8) is 0 Å². The highest BCUT2D eigenvalue weighted by Crippen LogP contribution is 2.37. The zero-order valence-electron chi connectivity index (χ0n) is 12.1. The first-order valence-corrected chi connectivity index (χ1v) is 8.20. The molecule has 0 spiro atoms. The number of halogens is 1. The van der Waals surface area contributed by atoms with Crippen molar-refractivity contribution < 1.29 is 0 Å². The van der Waals surface area contributed by atoms with Gasteiger partial charge in [-0.05, 0) is 46.8 Å². The average Bonchev–Trinajstić information content (AvgIpc) is 2.53. The van der Waals surface area contributed by atoms with Crippen LogP contribution in [0.1, 0.15) is 25.3 Å². The summed E-state index contributed by atoms with van der Waals surface area (Å²) in [7, 11) is 0. The summed E-state index contributed by atoms with van der Waals surface area (Å²) in [5.74, 6) is 1.81. The molecule has 0 atom stereocenters. The van der Waals surface area contributed by atoms with Gasteiger partial charge < -0.3 is 10.2 Å². The van der Waals surface area contributed by atoms with E-state index in [9.17, 15) is 0 Å². The summed E-state index contributed by atoms with van der Waals surface area (Å²) in [6, 6.07) is 8.56. The van der Waals surface area contributed by atoms with Gasteiger partial charge in [-0.3, -0.25) is 0 Å². The van der Waals surface area contributed by atoms with Gasteiger partial charge in [0.05, 0.1) is 0 Å². The number of hydrogen-bond acceptors (Lipinski definition) is 4. The van der Waals surface area contributed by atoms with Gasteiger partial charge in [0, 0.05) is 18.8 Å². The van der Waals surface area contributed by atoms with E-state index < -0.39 is 0 Å². The Balaban J connectivity index is 1.98. The lowest BCUT2D eigenvalue weighted by molar-refractivity contribution is 0.757. The molecule has 0 saturated heterocycles. The molecule has 1 N–H and O–H groups in total. The fourth-order valence-corrected chi connectivity index (χ4v) is 3.23. The van der Waals surface area contributed by atoms with Crippen molar-refractivity contribution in [2.75, 3.05) is 23.3 Å². The van der Waals surface area contributed by atoms with Gasteiger partial charge in [-0.1, -0.05) is 25.1 Å². The Kier molecular flexibility index (Phi) is 4.39. The van der Waals surface area contributed by atoms with Gasteiger partial charge >= 0.3 is 0 Å². The summed E-state index contributed by atoms with van der Waals surface area (Å²) in [5, 5.41) is 3.34. The lowest BCUT2D eigenvalue weighted by Crippen LogP contribution is -2.26. The maximum atomic E-state index is 4.50. The molecule has 5 heteroatoms. The molecule has 0 aliphatic carbocycles. The van der Waals surface area contributed by atoms with Crippen molar-refractivity contribution in [3.05, 3.63) is 40.6 Å². The van der Waals surface area contributed by atoms with Crippen LogP contribution in [0, 0.1) is 0 Å². The first kappa shape index (κ1) is 14.3. The summed E-state index contributed by atoms with van der Waals surface area (Å²) < 4.78 is 0.940. The first-order chi connectivity index (χ1) is 10.3. The molecule has 110 valence electrons. The minimum atomic E-state index is 0.866. The van der Waals surface area contributed by atoms with E-state index in [0.29, 0.717) is 0 Å². The second kappa shape index (κ2) is 6.43. The summed E-state index contributed by atoms with van der Waals surface area (Å²) >= 11 is 3.67. The molecule has 0 saturated carbocycles. The van der Waals surface area contributed by atoms with Crippen molar-refractivity contribution in [2.24, 2.45) is 0 Å². The second-order valence-corrected chi connectivity index (χ2v) is 5.96. The quantitative estimate of drug-likeness (QED) is 0.902. The van der Waals surface area contributed by atoms with Crippen molar-refractivity contribution in [1.82, 2.24) is 9.97 Å². The predicted molar refractivity (Wildman–Crippen MR) is 90.3 cm³/mol. The number of aromatic nitrogens is 2. The Hall–Kier alpha value is -1.62. The van der Waals surface area contributed by atoms with E-state index in [1.165, 1.54) is 11.3 Å². The van der Waals surface area contributed by atoms with Gasteiger partial charge in [0.2, 0.25) is 0 Å². The van der Waals surface area contributed by atoms with Crippen molar-refractivity contribution in [1.29, 1.82) is 0 Å². The van der Waals surface area contributed by atoms with E-state index in [2.05, 4.69) is 67.3 Å². The van der Waals surface area contributed by atoms with Crippen LogP contribution in [-0.2, 0) is 6.42 Å². The summed E-state index contributed by atoms with van der Waals surface area (Å²) in [6.07, 6.45) is 4.98. The Labute approximate surface area is 133 Å². The minimum Gasteiger partial charge on any atom is -0.369 e. The molecular formula is C16H19BrN4. The van der Waals surface area contributed by atoms with Gasteiger partial charge in [0.1, 0.15) is 16.6 Å². The molecule has 0 radical (unpaired) electrons. The molecule has 0 unspecified atom stereocenters. The Morgan fingerprint density at radius 1 is 1.29 bits per heavy atom. The summed E-state index contributed by atoms with van der Waals surface area (Å²) in [4.78, 5) is 11.1. The average molecular weight is 347 g/mol. The Bertz CT molecular complexity index is 629. The smallest absolute Gasteiger partial charge is 0.152 e. The highest BCUT2D eigenvalue weighted by molar-refractivity contribution is 9.10. The zero-order valence-corrected chi connectivity index (χ0v) is 13.7. The number of anilines is 3. The molecule has 2 aromatic rings. The SMILES string of the molecule is CCCNc1ncnc(N2CCCc3ccccc32)c1Br. The van der Waals surface area contributed by atoms with E-state index in [1.54, 1.807) is 6.33 Å². The first-order valence-electron chi connectivity index (χ1n) is 7.41. The van der Waals surface area contributed by atoms with E-state index >= 15 is 0 Å². The van der Waals surface area contributed by atoms with Crippen LogP contribution in [0.4, 0.5) is 17.3 Å². The fraction of sp³-hybridized carbons (Fsp3) is 0.375. The van der Waals surface area contributed by atoms with Crippen LogP contribution in [0.2, 0.25) is 0 Å². The maximum absolute atomic E-state index is 4.50. The molecule has 1 aliphatic rings. The second-order valence-electron chi connectivity index (χ2n) is 5.17. The number of aryl methyl sites for hydroxylation is 1. The van der Waals surface area contributed by atoms with Crippen LogP contribution in [0.5, 0.6) is 0 Å². The third-order valence-corrected chi connectivity index (χ3v) is 4.41. The van der Waals surface area contributed by atoms with Gasteiger partial charge in [0.25, 0.3) is 0 Å². The number of hydrogen-bond donors (Lipinski definition) is 1. The molecule has 3 rings (SSSR count). The molecule has 0 amide bonds. The molecule has 0 fully saturated rings. The fourth-order valence-electron chi connectivity index (χ4n) is 2.67. The highest BCUT2D eigenvalue weighted by Gasteiger charge is 2.22. The van der Waals surface area contributed by atoms with Gasteiger partial charge in [-0.2, -0.15) is 0 Å². The third-order valence-electron chi connectivity index (χ3n) is 3.68. The van der Waals surface area contributed by atoms with Crippen LogP contribution in [0.3, 0.4) is 0 Å². The number of fused-ring (bicyclic) bond motifs is 1. The molecule has 4 nitrogen and oxygen atoms in total. The largest absolute Gasteiger partial charge is 0.369 e. The van der Waals surface area contributed by atoms with Crippen molar-refractivity contribution >= 4 is 33.3 Å². The lowest BCUT2D eigenvalue weighted by Gasteiger charge is -2.31. The third kappa shape index (κ3) is 2.88. The Morgan fingerprint density at radius 3 is 3.00 bits per heavy atom. The standard InChI is InChI=1S/C16H19BrN4/c1-2-9-18-15-14(17)16(20-11-19-15)21-10-5-7-12-6-3-4-8-13(12)21/h3-4,6,8,11H,2,5,7,9-10H2,1H3,(H,18,19,20). The van der Waals surface area contributed by atoms with E-state index in [4.69, 9.17) is 0 Å². The maximum Gasteiger partial charge on any atom is 0.152 e. The predicted octanol–water partition coefficient (Wildman–Crippen LogP) is 4.15. The number of para-hydroxylation sites is 1. The number of benzene rings is 1. The van der Waals surface area contributed by atoms with Crippen molar-refractivity contribution in [2.45, 2.75) is 26.2 Å². The van der Waals surface area contributed by atoms with E-state index in [1.807, 2.05) is 0 Å². The van der Waals surface area contributed by atoms with Crippen LogP contribution < -0.4 is 10.2 Å². The van der Waals surface area contributed by atoms with E-state index in [-0.39, 0.29) is 0 Å². The van der Waals surface area contributed by atoms with Crippen LogP contribution >= 0.6 is 15.9 Å². The molecule has 2 heterocycles. The molecule has 1 aromatic heterocycles. The number of rotatable bonds is 4. The monoisotopic (exact) mass is 346 g/mol. The summed E-state index contributed by atoms with van der Waals surface area (Å²) in [6.45, 7) is 4.04. The van der Waals surface area contributed by atoms with Crippen LogP contribution in [0.15, 0.2) is 35.1 Å². The normalized spacial score (nSPS) is 13.9. The molecule has 1 aliphatic heterocycles.